The maximum atomic E-state index is 13.7. The number of fused-ring (bicyclic) bond motifs is 2. The third kappa shape index (κ3) is 32.7. The zero-order valence-corrected chi connectivity index (χ0v) is 88.4. The fourth-order valence-electron chi connectivity index (χ4n) is 17.6. The number of hydrogen-bond donors (Lipinski definition) is 12. The van der Waals surface area contributed by atoms with E-state index in [0.29, 0.717) is 73.4 Å². The van der Waals surface area contributed by atoms with E-state index in [9.17, 15) is 37.4 Å². The van der Waals surface area contributed by atoms with Crippen LogP contribution < -0.4 is 39.4 Å². The van der Waals surface area contributed by atoms with Crippen molar-refractivity contribution in [1.29, 1.82) is 0 Å². The monoisotopic (exact) mass is 2140 g/mol. The quantitative estimate of drug-likeness (QED) is 0.0126. The minimum atomic E-state index is -4.65. The Morgan fingerprint density at radius 3 is 0.885 bits per heavy atom. The van der Waals surface area contributed by atoms with Crippen molar-refractivity contribution in [2.75, 3.05) is 23.7 Å². The van der Waals surface area contributed by atoms with Crippen LogP contribution in [-0.4, -0.2) is 95.8 Å². The van der Waals surface area contributed by atoms with Crippen LogP contribution in [0.15, 0.2) is 291 Å². The van der Waals surface area contributed by atoms with E-state index in [1.165, 1.54) is 169 Å². The molecule has 2 saturated carbocycles. The number of rotatable bonds is 38. The molecule has 2 fully saturated rings. The third-order valence-corrected chi connectivity index (χ3v) is 31.1. The third-order valence-electron chi connectivity index (χ3n) is 24.9. The molecule has 0 spiro atoms. The Morgan fingerprint density at radius 2 is 0.581 bits per heavy atom. The Hall–Kier alpha value is -12.6. The molecule has 4 heterocycles. The van der Waals surface area contributed by atoms with Crippen molar-refractivity contribution in [2.45, 2.75) is 167 Å². The maximum Gasteiger partial charge on any atom is 0.524 e. The van der Waals surface area contributed by atoms with Gasteiger partial charge in [0, 0.05) is 91.9 Å². The summed E-state index contributed by atoms with van der Waals surface area (Å²) < 4.78 is 62.9. The van der Waals surface area contributed by atoms with Crippen LogP contribution in [0.2, 0.25) is 0 Å². The lowest BCUT2D eigenvalue weighted by molar-refractivity contribution is 0.0940. The van der Waals surface area contributed by atoms with Gasteiger partial charge in [-0.05, 0) is 178 Å². The second kappa shape index (κ2) is 52.5. The number of carbonyl (C=O) groups is 4. The number of phosphoric ester groups is 4. The molecule has 148 heavy (non-hydrogen) atoms. The molecule has 16 aromatic rings. The number of benzene rings is 12. The SMILES string of the molecule is CCCCCCNC(=O)c1nc(-c2cccc3ccccc23)sc1Cc1ccc(OP(=O)(O)O)cc1.CCCCCCNC(=O)c1nc(-c2ccccc2)sc1Cc1ccc(OP(=O)(O)O)cc1.O=C(Nc1ccc(C2CCCCC2)cc1)c1nc(-c2cccc3ccccc23)sc1Cc1ccc(OP(=O)(O)O)cc1.O=C(Nc1ccc(C2CCCCC2)cc1)c1nc(-c2ccccc2)sc1Cc1ccc(OP(=O)(O)O)cc1. The Balaban J connectivity index is 0.000000148. The first-order valence-electron chi connectivity index (χ1n) is 49.2. The molecule has 0 bridgehead atoms. The minimum absolute atomic E-state index is 0.0717. The van der Waals surface area contributed by atoms with Gasteiger partial charge >= 0.3 is 31.3 Å². The summed E-state index contributed by atoms with van der Waals surface area (Å²) in [6.45, 7) is 5.52. The molecule has 2 aliphatic carbocycles. The number of aromatic nitrogens is 4. The van der Waals surface area contributed by atoms with Crippen molar-refractivity contribution in [3.63, 3.8) is 0 Å². The Bertz CT molecular complexity index is 7350. The average molecular weight is 2150 g/mol. The van der Waals surface area contributed by atoms with Crippen molar-refractivity contribution in [1.82, 2.24) is 30.6 Å². The molecule has 4 amide bonds. The van der Waals surface area contributed by atoms with Crippen LogP contribution in [0, 0.1) is 0 Å². The summed E-state index contributed by atoms with van der Waals surface area (Å²) in [5.74, 6) is 0.584. The first kappa shape index (κ1) is 110. The molecular formula is C112H116N8O20P4S4. The Kier molecular flexibility index (Phi) is 38.9. The van der Waals surface area contributed by atoms with Gasteiger partial charge in [-0.1, -0.05) is 309 Å². The van der Waals surface area contributed by atoms with Gasteiger partial charge < -0.3 is 39.4 Å². The lowest BCUT2D eigenvalue weighted by atomic mass is 9.84. The predicted molar refractivity (Wildman–Crippen MR) is 586 cm³/mol. The zero-order valence-electron chi connectivity index (χ0n) is 81.5. The van der Waals surface area contributed by atoms with Crippen molar-refractivity contribution in [3.8, 4) is 65.3 Å². The first-order valence-corrected chi connectivity index (χ1v) is 58.6. The summed E-state index contributed by atoms with van der Waals surface area (Å²) in [5, 5.41) is 19.5. The lowest BCUT2D eigenvalue weighted by Gasteiger charge is -2.22. The van der Waals surface area contributed by atoms with Gasteiger partial charge in [0.15, 0.2) is 0 Å². The number of amides is 4. The van der Waals surface area contributed by atoms with Crippen LogP contribution in [0.1, 0.15) is 236 Å². The molecule has 36 heteroatoms. The van der Waals surface area contributed by atoms with Gasteiger partial charge in [0.05, 0.1) is 0 Å². The summed E-state index contributed by atoms with van der Waals surface area (Å²) in [5.41, 5.74) is 12.9. The normalized spacial score (nSPS) is 12.9. The molecule has 12 aromatic carbocycles. The van der Waals surface area contributed by atoms with E-state index in [4.69, 9.17) is 54.1 Å². The van der Waals surface area contributed by atoms with E-state index in [1.807, 2.05) is 133 Å². The number of anilines is 2. The number of carbonyl (C=O) groups excluding carboxylic acids is 4. The topological polar surface area (TPSA) is 435 Å². The van der Waals surface area contributed by atoms with E-state index in [-0.39, 0.29) is 46.6 Å². The molecule has 12 N–H and O–H groups in total. The number of phosphoric acid groups is 4. The van der Waals surface area contributed by atoms with Crippen LogP contribution in [-0.2, 0) is 43.9 Å². The van der Waals surface area contributed by atoms with Gasteiger partial charge in [0.1, 0.15) is 65.8 Å². The van der Waals surface area contributed by atoms with Crippen LogP contribution in [0.3, 0.4) is 0 Å². The summed E-state index contributed by atoms with van der Waals surface area (Å²) >= 11 is 5.88. The van der Waals surface area contributed by atoms with Crippen LogP contribution in [0.4, 0.5) is 11.4 Å². The number of unbranched alkanes of at least 4 members (excludes halogenated alkanes) is 6. The standard InChI is InChI=1S/C33H31N2O5PS.C29H29N2O5PS.C27H29N2O5PS.C23H27N2O5PS/c36-32(34-26-17-15-24(16-18-26)23-7-2-1-3-8-23)31-30(21-22-13-19-27(20-14-22)40-41(37,38)39)42-33(35-31)29-12-6-10-25-9-4-5-11-28(25)29;32-28(30-24-15-13-22(14-16-24)21-7-3-1-4-8-21)27-26(38-29(31-27)23-9-5-2-6-10-23)19-20-11-17-25(18-12-20)36-37(33,34)35;1-2-3-4-7-17-28-26(30)25-24(18-19-13-15-21(16-14-19)34-35(31,32)33)36-27(29-25)23-12-8-10-20-9-5-6-11-22(20)23;1-2-3-4-8-15-24-22(26)21-20(32-23(25-21)18-9-6-5-7-10-18)16-17-11-13-19(14-12-17)30-31(27,28)29/h4-6,9-20,23H,1-3,7-8,21H2,(H,34,36)(H2,37,38,39);2,5-6,9-18,21H,1,3-4,7-8,19H2,(H,30,32)(H2,33,34,35);5-6,8-16H,2-4,7,17-18H2,1H3,(H,28,30)(H2,31,32,33);5-7,9-14H,2-4,8,15-16H2,1H3,(H,24,26)(H2,27,28,29). The number of nitrogens with zero attached hydrogens (tertiary/aromatic N) is 4. The second-order valence-electron chi connectivity index (χ2n) is 36.0. The van der Waals surface area contributed by atoms with Gasteiger partial charge in [-0.3, -0.25) is 58.3 Å². The number of hydrogen-bond acceptors (Lipinski definition) is 20. The Labute approximate surface area is 875 Å². The first-order chi connectivity index (χ1) is 71.3. The van der Waals surface area contributed by atoms with Gasteiger partial charge in [-0.15, -0.1) is 45.3 Å². The lowest BCUT2D eigenvalue weighted by Crippen LogP contribution is -2.25. The fraction of sp³-hybridized carbons (Fsp3) is 0.250. The van der Waals surface area contributed by atoms with E-state index in [1.54, 1.807) is 48.5 Å². The summed E-state index contributed by atoms with van der Waals surface area (Å²) in [6.07, 6.45) is 23.0. The van der Waals surface area contributed by atoms with E-state index in [0.717, 1.165) is 168 Å². The van der Waals surface area contributed by atoms with Crippen LogP contribution >= 0.6 is 76.6 Å². The van der Waals surface area contributed by atoms with Gasteiger partial charge in [0.2, 0.25) is 0 Å². The van der Waals surface area contributed by atoms with E-state index >= 15 is 0 Å². The van der Waals surface area contributed by atoms with Gasteiger partial charge in [0.25, 0.3) is 23.6 Å². The zero-order chi connectivity index (χ0) is 104. The molecule has 0 atom stereocenters. The van der Waals surface area contributed by atoms with E-state index in [2.05, 4.69) is 119 Å². The molecule has 2 aliphatic rings. The van der Waals surface area contributed by atoms with Crippen LogP contribution in [0.5, 0.6) is 23.0 Å². The smallest absolute Gasteiger partial charge is 0.404 e. The highest BCUT2D eigenvalue weighted by Crippen LogP contribution is 2.46. The molecule has 28 nitrogen and oxygen atoms in total. The largest absolute Gasteiger partial charge is 0.524 e. The van der Waals surface area contributed by atoms with Crippen LogP contribution in [0.25, 0.3) is 63.8 Å². The highest BCUT2D eigenvalue weighted by Gasteiger charge is 2.29. The highest BCUT2D eigenvalue weighted by atomic mass is 32.1. The van der Waals surface area contributed by atoms with Crippen molar-refractivity contribution in [3.05, 3.63) is 367 Å². The molecule has 768 valence electrons. The number of thiazole rings is 4. The Morgan fingerprint density at radius 1 is 0.304 bits per heavy atom. The molecule has 4 aromatic heterocycles. The molecule has 0 aliphatic heterocycles. The van der Waals surface area contributed by atoms with Crippen molar-refractivity contribution >= 4 is 133 Å². The summed E-state index contributed by atoms with van der Waals surface area (Å²) in [4.78, 5) is 147. The highest BCUT2D eigenvalue weighted by molar-refractivity contribution is 7.47. The fourth-order valence-corrected chi connectivity index (χ4v) is 23.7. The summed E-state index contributed by atoms with van der Waals surface area (Å²) in [6, 6.07) is 90.0. The predicted octanol–water partition coefficient (Wildman–Crippen LogP) is 27.0. The summed E-state index contributed by atoms with van der Waals surface area (Å²) in [7, 11) is -18.5. The maximum absolute atomic E-state index is 13.7. The molecule has 18 rings (SSSR count). The molecule has 0 radical (unpaired) electrons. The minimum Gasteiger partial charge on any atom is -0.404 e. The second-order valence-corrected chi connectivity index (χ2v) is 45.0. The average Bonchev–Trinajstić information content (AvgIpc) is 1.63. The van der Waals surface area contributed by atoms with Crippen molar-refractivity contribution in [2.24, 2.45) is 0 Å². The molecule has 0 saturated heterocycles. The van der Waals surface area contributed by atoms with Gasteiger partial charge in [-0.2, -0.15) is 0 Å². The molecular weight excluding hydrogens is 2030 g/mol. The number of nitrogens with one attached hydrogen (secondary N) is 4. The van der Waals surface area contributed by atoms with E-state index < -0.39 is 31.3 Å². The van der Waals surface area contributed by atoms with Gasteiger partial charge in [-0.25, -0.2) is 38.2 Å². The van der Waals surface area contributed by atoms with Crippen molar-refractivity contribution < 1.29 is 94.7 Å². The molecule has 0 unspecified atom stereocenters.